The summed E-state index contributed by atoms with van der Waals surface area (Å²) in [7, 11) is 2.81. The van der Waals surface area contributed by atoms with E-state index in [9.17, 15) is 19.2 Å². The standard InChI is InChI=1S/C21H30N4O6/c1-12(2)18(20(28)31-5)24-19(27)17-10-15(11-25(17)13(3)26)23-21(29)22-14-6-8-16(30-4)9-7-14/h6-9,12,15,17-18H,10-11H2,1-5H3,(H,24,27)(H2,22,23,29). The van der Waals surface area contributed by atoms with Gasteiger partial charge < -0.3 is 30.3 Å². The van der Waals surface area contributed by atoms with Crippen LogP contribution in [-0.2, 0) is 19.1 Å². The maximum atomic E-state index is 12.8. The number of rotatable bonds is 7. The predicted octanol–water partition coefficient (Wildman–Crippen LogP) is 1.12. The first-order chi connectivity index (χ1) is 14.7. The molecular formula is C21H30N4O6. The summed E-state index contributed by atoms with van der Waals surface area (Å²) in [6.07, 6.45) is 0.230. The summed E-state index contributed by atoms with van der Waals surface area (Å²) >= 11 is 0. The number of anilines is 1. The van der Waals surface area contributed by atoms with Gasteiger partial charge in [-0.15, -0.1) is 0 Å². The lowest BCUT2D eigenvalue weighted by molar-refractivity contribution is -0.147. The van der Waals surface area contributed by atoms with Crippen molar-refractivity contribution in [2.75, 3.05) is 26.1 Å². The van der Waals surface area contributed by atoms with E-state index < -0.39 is 36.0 Å². The van der Waals surface area contributed by atoms with Crippen LogP contribution in [0.15, 0.2) is 24.3 Å². The first-order valence-corrected chi connectivity index (χ1v) is 10.0. The molecule has 0 bridgehead atoms. The van der Waals surface area contributed by atoms with Gasteiger partial charge in [0.25, 0.3) is 0 Å². The third kappa shape index (κ3) is 6.34. The highest BCUT2D eigenvalue weighted by Crippen LogP contribution is 2.20. The first-order valence-electron chi connectivity index (χ1n) is 10.0. The number of benzene rings is 1. The Morgan fingerprint density at radius 3 is 2.26 bits per heavy atom. The number of ether oxygens (including phenoxy) is 2. The smallest absolute Gasteiger partial charge is 0.328 e. The topological polar surface area (TPSA) is 126 Å². The molecule has 10 heteroatoms. The molecule has 0 aliphatic carbocycles. The van der Waals surface area contributed by atoms with E-state index in [4.69, 9.17) is 9.47 Å². The van der Waals surface area contributed by atoms with Crippen LogP contribution in [0.25, 0.3) is 0 Å². The van der Waals surface area contributed by atoms with Gasteiger partial charge in [-0.1, -0.05) is 13.8 Å². The Labute approximate surface area is 181 Å². The largest absolute Gasteiger partial charge is 0.497 e. The quantitative estimate of drug-likeness (QED) is 0.552. The molecule has 1 saturated heterocycles. The lowest BCUT2D eigenvalue weighted by Gasteiger charge is -2.26. The highest BCUT2D eigenvalue weighted by molar-refractivity contribution is 5.92. The SMILES string of the molecule is COC(=O)C(NC(=O)C1CC(NC(=O)Nc2ccc(OC)cc2)CN1C(C)=O)C(C)C. The Bertz CT molecular complexity index is 811. The molecule has 10 nitrogen and oxygen atoms in total. The van der Waals surface area contributed by atoms with E-state index in [-0.39, 0.29) is 24.8 Å². The monoisotopic (exact) mass is 434 g/mol. The van der Waals surface area contributed by atoms with Crippen molar-refractivity contribution >= 4 is 29.5 Å². The predicted molar refractivity (Wildman–Crippen MR) is 114 cm³/mol. The third-order valence-electron chi connectivity index (χ3n) is 5.11. The van der Waals surface area contributed by atoms with Crippen molar-refractivity contribution in [1.29, 1.82) is 0 Å². The van der Waals surface area contributed by atoms with Gasteiger partial charge >= 0.3 is 12.0 Å². The zero-order valence-corrected chi connectivity index (χ0v) is 18.4. The van der Waals surface area contributed by atoms with E-state index in [1.807, 2.05) is 0 Å². The molecule has 1 aliphatic rings. The van der Waals surface area contributed by atoms with Gasteiger partial charge in [-0.05, 0) is 36.6 Å². The van der Waals surface area contributed by atoms with Gasteiger partial charge in [0, 0.05) is 19.2 Å². The lowest BCUT2D eigenvalue weighted by Crippen LogP contribution is -2.52. The van der Waals surface area contributed by atoms with Gasteiger partial charge in [-0.3, -0.25) is 9.59 Å². The Hall–Kier alpha value is -3.30. The number of hydrogen-bond donors (Lipinski definition) is 3. The number of amides is 4. The van der Waals surface area contributed by atoms with Crippen LogP contribution in [0.2, 0.25) is 0 Å². The number of nitrogens with one attached hydrogen (secondary N) is 3. The lowest BCUT2D eigenvalue weighted by atomic mass is 10.0. The molecule has 3 unspecified atom stereocenters. The molecule has 0 spiro atoms. The van der Waals surface area contributed by atoms with Gasteiger partial charge in [0.1, 0.15) is 17.8 Å². The number of hydrogen-bond acceptors (Lipinski definition) is 6. The van der Waals surface area contributed by atoms with Gasteiger partial charge in [0.2, 0.25) is 11.8 Å². The van der Waals surface area contributed by atoms with Crippen molar-refractivity contribution in [1.82, 2.24) is 15.5 Å². The molecule has 170 valence electrons. The van der Waals surface area contributed by atoms with Gasteiger partial charge in [0.15, 0.2) is 0 Å². The van der Waals surface area contributed by atoms with Crippen LogP contribution in [0.1, 0.15) is 27.2 Å². The number of carbonyl (C=O) groups is 4. The zero-order chi connectivity index (χ0) is 23.1. The van der Waals surface area contributed by atoms with Crippen molar-refractivity contribution in [2.24, 2.45) is 5.92 Å². The molecule has 1 aromatic rings. The summed E-state index contributed by atoms with van der Waals surface area (Å²) < 4.78 is 9.83. The van der Waals surface area contributed by atoms with Crippen LogP contribution in [0, 0.1) is 5.92 Å². The second kappa shape index (κ2) is 10.6. The molecule has 1 aliphatic heterocycles. The second-order valence-corrected chi connectivity index (χ2v) is 7.70. The van der Waals surface area contributed by atoms with Crippen molar-refractivity contribution in [3.05, 3.63) is 24.3 Å². The summed E-state index contributed by atoms with van der Waals surface area (Å²) in [6.45, 7) is 5.12. The number of likely N-dealkylation sites (tertiary alicyclic amines) is 1. The maximum absolute atomic E-state index is 12.8. The van der Waals surface area contributed by atoms with E-state index in [1.165, 1.54) is 18.9 Å². The summed E-state index contributed by atoms with van der Waals surface area (Å²) in [5, 5.41) is 8.17. The van der Waals surface area contributed by atoms with Crippen LogP contribution in [0.3, 0.4) is 0 Å². The average Bonchev–Trinajstić information content (AvgIpc) is 3.15. The number of urea groups is 1. The van der Waals surface area contributed by atoms with Gasteiger partial charge in [-0.2, -0.15) is 0 Å². The minimum absolute atomic E-state index is 0.187. The Kier molecular flexibility index (Phi) is 8.23. The number of esters is 1. The molecule has 1 fully saturated rings. The van der Waals surface area contributed by atoms with Gasteiger partial charge in [0.05, 0.1) is 20.3 Å². The molecule has 31 heavy (non-hydrogen) atoms. The van der Waals surface area contributed by atoms with Crippen LogP contribution < -0.4 is 20.7 Å². The van der Waals surface area contributed by atoms with Crippen LogP contribution in [-0.4, -0.2) is 67.6 Å². The van der Waals surface area contributed by atoms with E-state index in [0.29, 0.717) is 11.4 Å². The minimum Gasteiger partial charge on any atom is -0.497 e. The molecule has 2 rings (SSSR count). The van der Waals surface area contributed by atoms with Crippen LogP contribution >= 0.6 is 0 Å². The average molecular weight is 434 g/mol. The summed E-state index contributed by atoms with van der Waals surface area (Å²) in [5.74, 6) is -0.824. The highest BCUT2D eigenvalue weighted by atomic mass is 16.5. The van der Waals surface area contributed by atoms with Crippen molar-refractivity contribution in [3.8, 4) is 5.75 Å². The van der Waals surface area contributed by atoms with Gasteiger partial charge in [-0.25, -0.2) is 9.59 Å². The number of carbonyl (C=O) groups excluding carboxylic acids is 4. The molecule has 0 radical (unpaired) electrons. The Balaban J connectivity index is 2.01. The van der Waals surface area contributed by atoms with E-state index in [1.54, 1.807) is 45.2 Å². The maximum Gasteiger partial charge on any atom is 0.328 e. The van der Waals surface area contributed by atoms with E-state index in [0.717, 1.165) is 0 Å². The highest BCUT2D eigenvalue weighted by Gasteiger charge is 2.40. The first kappa shape index (κ1) is 24.0. The van der Waals surface area contributed by atoms with Crippen LogP contribution in [0.5, 0.6) is 5.75 Å². The Morgan fingerprint density at radius 2 is 1.74 bits per heavy atom. The molecule has 3 atom stereocenters. The number of methoxy groups -OCH3 is 2. The van der Waals surface area contributed by atoms with E-state index >= 15 is 0 Å². The molecule has 4 amide bonds. The fourth-order valence-electron chi connectivity index (χ4n) is 3.44. The molecule has 3 N–H and O–H groups in total. The fourth-order valence-corrected chi connectivity index (χ4v) is 3.44. The van der Waals surface area contributed by atoms with E-state index in [2.05, 4.69) is 16.0 Å². The molecule has 1 heterocycles. The Morgan fingerprint density at radius 1 is 1.10 bits per heavy atom. The number of nitrogens with zero attached hydrogens (tertiary/aromatic N) is 1. The fraction of sp³-hybridized carbons (Fsp3) is 0.524. The van der Waals surface area contributed by atoms with Crippen molar-refractivity contribution in [3.63, 3.8) is 0 Å². The normalized spacial score (nSPS) is 18.8. The molecular weight excluding hydrogens is 404 g/mol. The summed E-state index contributed by atoms with van der Waals surface area (Å²) in [6, 6.07) is 4.34. The molecule has 0 saturated carbocycles. The van der Waals surface area contributed by atoms with Crippen molar-refractivity contribution in [2.45, 2.75) is 45.3 Å². The summed E-state index contributed by atoms with van der Waals surface area (Å²) in [4.78, 5) is 50.6. The molecule has 0 aromatic heterocycles. The third-order valence-corrected chi connectivity index (χ3v) is 5.11. The minimum atomic E-state index is -0.823. The molecule has 1 aromatic carbocycles. The summed E-state index contributed by atoms with van der Waals surface area (Å²) in [5.41, 5.74) is 0.576. The van der Waals surface area contributed by atoms with Crippen LogP contribution in [0.4, 0.5) is 10.5 Å². The zero-order valence-electron chi connectivity index (χ0n) is 18.4. The van der Waals surface area contributed by atoms with Crippen molar-refractivity contribution < 1.29 is 28.7 Å². The second-order valence-electron chi connectivity index (χ2n) is 7.70.